The lowest BCUT2D eigenvalue weighted by Gasteiger charge is -2.12. The predicted molar refractivity (Wildman–Crippen MR) is 64.4 cm³/mol. The zero-order valence-electron chi connectivity index (χ0n) is 9.55. The van der Waals surface area contributed by atoms with Crippen LogP contribution in [0.25, 0.3) is 0 Å². The zero-order chi connectivity index (χ0) is 14.6. The van der Waals surface area contributed by atoms with Gasteiger partial charge in [-0.1, -0.05) is 0 Å². The molecule has 0 fully saturated rings. The molecule has 4 nitrogen and oxygen atoms in total. The number of alkyl halides is 4. The van der Waals surface area contributed by atoms with E-state index in [9.17, 15) is 22.4 Å². The molecule has 0 spiro atoms. The number of carbonyl (C=O) groups excluding carboxylic acids is 1. The van der Waals surface area contributed by atoms with Crippen LogP contribution in [0, 0.1) is 3.57 Å². The Morgan fingerprint density at radius 2 is 2.11 bits per heavy atom. The first kappa shape index (κ1) is 15.9. The molecule has 9 heteroatoms. The molecule has 1 heterocycles. The molecule has 0 bridgehead atoms. The highest BCUT2D eigenvalue weighted by molar-refractivity contribution is 14.1. The molecular weight excluding hydrogens is 385 g/mol. The average molecular weight is 393 g/mol. The second-order valence-corrected chi connectivity index (χ2v) is 4.33. The number of hydrogen-bond acceptors (Lipinski definition) is 4. The topological polar surface area (TPSA) is 48.4 Å². The number of esters is 1. The molecule has 0 N–H and O–H groups in total. The summed E-state index contributed by atoms with van der Waals surface area (Å²) in [6.45, 7) is 0.451. The van der Waals surface area contributed by atoms with Crippen molar-refractivity contribution in [1.82, 2.24) is 4.98 Å². The average Bonchev–Trinajstić information content (AvgIpc) is 2.26. The van der Waals surface area contributed by atoms with Crippen molar-refractivity contribution in [1.29, 1.82) is 0 Å². The van der Waals surface area contributed by atoms with Gasteiger partial charge in [0.1, 0.15) is 6.67 Å². The van der Waals surface area contributed by atoms with Gasteiger partial charge in [0, 0.05) is 15.2 Å². The normalized spacial score (nSPS) is 11.3. The maximum atomic E-state index is 12.8. The van der Waals surface area contributed by atoms with Crippen molar-refractivity contribution >= 4 is 28.6 Å². The van der Waals surface area contributed by atoms with Crippen molar-refractivity contribution in [3.8, 4) is 5.88 Å². The molecule has 0 unspecified atom stereocenters. The molecule has 0 saturated heterocycles. The number of halogens is 5. The van der Waals surface area contributed by atoms with Crippen LogP contribution in [0.15, 0.2) is 6.07 Å². The first-order valence-electron chi connectivity index (χ1n) is 4.96. The molecule has 0 saturated carbocycles. The van der Waals surface area contributed by atoms with E-state index in [1.54, 1.807) is 22.6 Å². The molecule has 0 radical (unpaired) electrons. The fourth-order valence-corrected chi connectivity index (χ4v) is 1.85. The van der Waals surface area contributed by atoms with Gasteiger partial charge in [0.2, 0.25) is 5.88 Å². The van der Waals surface area contributed by atoms with Crippen molar-refractivity contribution in [2.45, 2.75) is 20.0 Å². The molecule has 106 valence electrons. The molecule has 0 atom stereocenters. The van der Waals surface area contributed by atoms with Crippen molar-refractivity contribution in [3.05, 3.63) is 20.9 Å². The molecule has 0 aliphatic rings. The van der Waals surface area contributed by atoms with Gasteiger partial charge in [-0.2, -0.15) is 0 Å². The number of ether oxygens (including phenoxy) is 2. The maximum absolute atomic E-state index is 12.8. The number of aromatic nitrogens is 1. The minimum atomic E-state index is -4.95. The molecule has 0 aliphatic heterocycles. The summed E-state index contributed by atoms with van der Waals surface area (Å²) in [6.07, 6.45) is -4.95. The van der Waals surface area contributed by atoms with Gasteiger partial charge in [-0.25, -0.2) is 14.2 Å². The Morgan fingerprint density at radius 1 is 1.47 bits per heavy atom. The standard InChI is InChI=1S/C10H8F4INO3/c1-2-18-9(17)8-5(4-11)6(15)3-7(16-8)19-10(12,13)14/h3H,2,4H2,1H3. The summed E-state index contributed by atoms with van der Waals surface area (Å²) in [6, 6.07) is 0.895. The first-order chi connectivity index (χ1) is 8.78. The van der Waals surface area contributed by atoms with Crippen LogP contribution >= 0.6 is 22.6 Å². The Bertz CT molecular complexity index is 479. The van der Waals surface area contributed by atoms with E-state index in [0.717, 1.165) is 6.07 Å². The minimum absolute atomic E-state index is 0.00677. The van der Waals surface area contributed by atoms with Gasteiger partial charge < -0.3 is 9.47 Å². The van der Waals surface area contributed by atoms with Crippen LogP contribution in [-0.2, 0) is 11.4 Å². The Kier molecular flexibility index (Phi) is 5.32. The third-order valence-electron chi connectivity index (χ3n) is 1.87. The Balaban J connectivity index is 3.22. The monoisotopic (exact) mass is 393 g/mol. The van der Waals surface area contributed by atoms with Crippen molar-refractivity contribution in [2.24, 2.45) is 0 Å². The van der Waals surface area contributed by atoms with Gasteiger partial charge in [-0.05, 0) is 29.5 Å². The smallest absolute Gasteiger partial charge is 0.461 e. The van der Waals surface area contributed by atoms with E-state index in [2.05, 4.69) is 14.5 Å². The summed E-state index contributed by atoms with van der Waals surface area (Å²) >= 11 is 1.59. The third-order valence-corrected chi connectivity index (χ3v) is 2.83. The van der Waals surface area contributed by atoms with E-state index >= 15 is 0 Å². The molecule has 19 heavy (non-hydrogen) atoms. The van der Waals surface area contributed by atoms with Gasteiger partial charge >= 0.3 is 12.3 Å². The lowest BCUT2D eigenvalue weighted by atomic mass is 10.2. The van der Waals surface area contributed by atoms with E-state index in [1.165, 1.54) is 6.92 Å². The number of hydrogen-bond donors (Lipinski definition) is 0. The summed E-state index contributed by atoms with van der Waals surface area (Å²) in [7, 11) is 0. The van der Waals surface area contributed by atoms with Crippen molar-refractivity contribution in [2.75, 3.05) is 6.61 Å². The Hall–Kier alpha value is -1.13. The molecule has 1 rings (SSSR count). The van der Waals surface area contributed by atoms with Gasteiger partial charge in [-0.15, -0.1) is 13.2 Å². The summed E-state index contributed by atoms with van der Waals surface area (Å²) < 4.78 is 57.3. The van der Waals surface area contributed by atoms with E-state index in [4.69, 9.17) is 0 Å². The van der Waals surface area contributed by atoms with Crippen LogP contribution in [0.1, 0.15) is 23.0 Å². The van der Waals surface area contributed by atoms with Crippen LogP contribution in [0.2, 0.25) is 0 Å². The van der Waals surface area contributed by atoms with E-state index in [1.807, 2.05) is 0 Å². The SMILES string of the molecule is CCOC(=O)c1nc(OC(F)(F)F)cc(I)c1CF. The van der Waals surface area contributed by atoms with E-state index < -0.39 is 30.6 Å². The molecule has 0 amide bonds. The van der Waals surface area contributed by atoms with Crippen molar-refractivity contribution < 1.29 is 31.8 Å². The predicted octanol–water partition coefficient (Wildman–Crippen LogP) is 3.23. The lowest BCUT2D eigenvalue weighted by Crippen LogP contribution is -2.20. The Morgan fingerprint density at radius 3 is 2.58 bits per heavy atom. The quantitative estimate of drug-likeness (QED) is 0.448. The number of carbonyl (C=O) groups is 1. The van der Waals surface area contributed by atoms with Crippen LogP contribution in [0.3, 0.4) is 0 Å². The second kappa shape index (κ2) is 6.35. The van der Waals surface area contributed by atoms with Crippen LogP contribution in [0.4, 0.5) is 17.6 Å². The van der Waals surface area contributed by atoms with E-state index in [-0.39, 0.29) is 15.7 Å². The van der Waals surface area contributed by atoms with Crippen LogP contribution < -0.4 is 4.74 Å². The molecule has 1 aromatic rings. The van der Waals surface area contributed by atoms with Crippen LogP contribution in [0.5, 0.6) is 5.88 Å². The highest BCUT2D eigenvalue weighted by Gasteiger charge is 2.33. The van der Waals surface area contributed by atoms with Crippen LogP contribution in [-0.4, -0.2) is 23.9 Å². The number of pyridine rings is 1. The first-order valence-corrected chi connectivity index (χ1v) is 6.04. The molecular formula is C10H8F4INO3. The summed E-state index contributed by atoms with van der Waals surface area (Å²) in [5.41, 5.74) is -0.649. The molecule has 1 aromatic heterocycles. The minimum Gasteiger partial charge on any atom is -0.461 e. The summed E-state index contributed by atoms with van der Waals surface area (Å²) in [5, 5.41) is 0. The molecule has 0 aromatic carbocycles. The number of nitrogens with zero attached hydrogens (tertiary/aromatic N) is 1. The zero-order valence-corrected chi connectivity index (χ0v) is 11.7. The summed E-state index contributed by atoms with van der Waals surface area (Å²) in [5.74, 6) is -1.84. The van der Waals surface area contributed by atoms with Gasteiger partial charge in [0.15, 0.2) is 5.69 Å². The largest absolute Gasteiger partial charge is 0.574 e. The lowest BCUT2D eigenvalue weighted by molar-refractivity contribution is -0.276. The van der Waals surface area contributed by atoms with Gasteiger partial charge in [0.25, 0.3) is 0 Å². The highest BCUT2D eigenvalue weighted by atomic mass is 127. The van der Waals surface area contributed by atoms with Crippen molar-refractivity contribution in [3.63, 3.8) is 0 Å². The van der Waals surface area contributed by atoms with Gasteiger partial charge in [0.05, 0.1) is 6.61 Å². The fraction of sp³-hybridized carbons (Fsp3) is 0.400. The second-order valence-electron chi connectivity index (χ2n) is 3.17. The highest BCUT2D eigenvalue weighted by Crippen LogP contribution is 2.26. The fourth-order valence-electron chi connectivity index (χ4n) is 1.18. The maximum Gasteiger partial charge on any atom is 0.574 e. The Labute approximate surface area is 119 Å². The van der Waals surface area contributed by atoms with Gasteiger partial charge in [-0.3, -0.25) is 0 Å². The third kappa shape index (κ3) is 4.48. The summed E-state index contributed by atoms with van der Waals surface area (Å²) in [4.78, 5) is 14.8. The molecule has 0 aliphatic carbocycles. The van der Waals surface area contributed by atoms with E-state index in [0.29, 0.717) is 0 Å². The number of rotatable bonds is 4.